The largest absolute Gasteiger partial charge is 0.192 e. The molecular weight excluding hydrogens is 266 g/mol. The third-order valence-corrected chi connectivity index (χ3v) is 5.59. The molecule has 0 amide bonds. The van der Waals surface area contributed by atoms with E-state index < -0.39 is 0 Å². The smallest absolute Gasteiger partial charge is 0.0991 e. The topological polar surface area (TPSA) is 23.8 Å². The van der Waals surface area contributed by atoms with Gasteiger partial charge in [-0.2, -0.15) is 5.26 Å². The van der Waals surface area contributed by atoms with Crippen molar-refractivity contribution in [1.29, 1.82) is 5.26 Å². The molecule has 1 nitrogen and oxygen atoms in total. The van der Waals surface area contributed by atoms with Gasteiger partial charge in [0.05, 0.1) is 11.6 Å². The van der Waals surface area contributed by atoms with Gasteiger partial charge in [-0.1, -0.05) is 58.1 Å². The van der Waals surface area contributed by atoms with E-state index in [1.807, 2.05) is 12.1 Å². The third kappa shape index (κ3) is 4.87. The minimum Gasteiger partial charge on any atom is -0.192 e. The predicted molar refractivity (Wildman–Crippen MR) is 93.8 cm³/mol. The van der Waals surface area contributed by atoms with Crippen molar-refractivity contribution in [1.82, 2.24) is 0 Å². The number of rotatable bonds is 7. The van der Waals surface area contributed by atoms with E-state index in [0.717, 1.165) is 5.56 Å². The van der Waals surface area contributed by atoms with Crippen molar-refractivity contribution in [3.05, 3.63) is 35.4 Å². The van der Waals surface area contributed by atoms with E-state index in [4.69, 9.17) is 5.26 Å². The molecule has 0 heterocycles. The van der Waals surface area contributed by atoms with Crippen LogP contribution in [0.5, 0.6) is 0 Å². The number of hydrogen-bond acceptors (Lipinski definition) is 1. The van der Waals surface area contributed by atoms with Crippen LogP contribution in [-0.2, 0) is 0 Å². The molecule has 0 N–H and O–H groups in total. The van der Waals surface area contributed by atoms with Crippen LogP contribution in [0.1, 0.15) is 95.1 Å². The Morgan fingerprint density at radius 3 is 2.27 bits per heavy atom. The molecule has 2 rings (SSSR count). The molecule has 1 aliphatic carbocycles. The lowest BCUT2D eigenvalue weighted by molar-refractivity contribution is 0.177. The molecule has 0 aromatic heterocycles. The summed E-state index contributed by atoms with van der Waals surface area (Å²) in [6.07, 6.45) is 13.8. The Balaban J connectivity index is 1.77. The summed E-state index contributed by atoms with van der Waals surface area (Å²) >= 11 is 0. The van der Waals surface area contributed by atoms with Gasteiger partial charge in [0.2, 0.25) is 0 Å². The lowest BCUT2D eigenvalue weighted by Crippen LogP contribution is -2.23. The molecule has 0 unspecified atom stereocenters. The van der Waals surface area contributed by atoms with Gasteiger partial charge in [-0.25, -0.2) is 0 Å². The van der Waals surface area contributed by atoms with Crippen molar-refractivity contribution >= 4 is 0 Å². The first-order valence-corrected chi connectivity index (χ1v) is 9.17. The fraction of sp³-hybridized carbons (Fsp3) is 0.667. The van der Waals surface area contributed by atoms with Gasteiger partial charge in [0.25, 0.3) is 0 Å². The maximum absolute atomic E-state index is 8.89. The lowest BCUT2D eigenvalue weighted by Gasteiger charge is -2.38. The van der Waals surface area contributed by atoms with Crippen LogP contribution in [0.2, 0.25) is 0 Å². The second kappa shape index (κ2) is 8.37. The molecule has 120 valence electrons. The Labute approximate surface area is 136 Å². The third-order valence-electron chi connectivity index (χ3n) is 5.59. The minimum atomic E-state index is 0.579. The van der Waals surface area contributed by atoms with E-state index >= 15 is 0 Å². The van der Waals surface area contributed by atoms with Gasteiger partial charge in [0.1, 0.15) is 0 Å². The fourth-order valence-corrected chi connectivity index (χ4v) is 3.88. The van der Waals surface area contributed by atoms with Gasteiger partial charge < -0.3 is 0 Å². The van der Waals surface area contributed by atoms with E-state index in [1.54, 1.807) is 0 Å². The Bertz CT molecular complexity index is 472. The Morgan fingerprint density at radius 1 is 1.05 bits per heavy atom. The Kier molecular flexibility index (Phi) is 6.49. The molecule has 0 aliphatic heterocycles. The van der Waals surface area contributed by atoms with E-state index in [9.17, 15) is 0 Å². The second-order valence-corrected chi connectivity index (χ2v) is 7.48. The second-order valence-electron chi connectivity index (χ2n) is 7.48. The van der Waals surface area contributed by atoms with Gasteiger partial charge in [-0.3, -0.25) is 0 Å². The summed E-state index contributed by atoms with van der Waals surface area (Å²) in [7, 11) is 0. The number of hydrogen-bond donors (Lipinski definition) is 0. The van der Waals surface area contributed by atoms with Crippen LogP contribution in [0.15, 0.2) is 24.3 Å². The number of nitrogens with zero attached hydrogens (tertiary/aromatic N) is 1. The summed E-state index contributed by atoms with van der Waals surface area (Å²) in [5, 5.41) is 8.89. The molecule has 0 radical (unpaired) electrons. The highest BCUT2D eigenvalue weighted by molar-refractivity contribution is 5.33. The molecule has 0 saturated heterocycles. The standard InChI is InChI=1S/C21H31N/c1-3-4-5-6-7-14-21(2)15-12-20(13-16-21)19-10-8-18(17-22)9-11-19/h8-11,20H,3-7,12-16H2,1-2H3/t20-,21+. The van der Waals surface area contributed by atoms with Crippen LogP contribution < -0.4 is 0 Å². The van der Waals surface area contributed by atoms with Crippen molar-refractivity contribution < 1.29 is 0 Å². The summed E-state index contributed by atoms with van der Waals surface area (Å²) in [5.41, 5.74) is 2.79. The summed E-state index contributed by atoms with van der Waals surface area (Å²) in [6, 6.07) is 10.5. The first-order chi connectivity index (χ1) is 10.7. The average molecular weight is 297 g/mol. The molecule has 1 heteroatoms. The van der Waals surface area contributed by atoms with Crippen LogP contribution in [0, 0.1) is 16.7 Å². The molecule has 1 fully saturated rings. The maximum Gasteiger partial charge on any atom is 0.0991 e. The molecule has 0 atom stereocenters. The van der Waals surface area contributed by atoms with Crippen molar-refractivity contribution in [3.8, 4) is 6.07 Å². The summed E-state index contributed by atoms with van der Waals surface area (Å²) < 4.78 is 0. The quantitative estimate of drug-likeness (QED) is 0.521. The highest BCUT2D eigenvalue weighted by Crippen LogP contribution is 2.45. The van der Waals surface area contributed by atoms with Crippen LogP contribution in [0.25, 0.3) is 0 Å². The molecule has 1 saturated carbocycles. The van der Waals surface area contributed by atoms with E-state index in [-0.39, 0.29) is 0 Å². The highest BCUT2D eigenvalue weighted by atomic mass is 14.4. The highest BCUT2D eigenvalue weighted by Gasteiger charge is 2.30. The zero-order valence-electron chi connectivity index (χ0n) is 14.4. The molecule has 1 aromatic rings. The number of benzene rings is 1. The Hall–Kier alpha value is -1.29. The first-order valence-electron chi connectivity index (χ1n) is 9.17. The van der Waals surface area contributed by atoms with Crippen molar-refractivity contribution in [2.24, 2.45) is 5.41 Å². The minimum absolute atomic E-state index is 0.579. The maximum atomic E-state index is 8.89. The van der Waals surface area contributed by atoms with Crippen molar-refractivity contribution in [2.75, 3.05) is 0 Å². The SMILES string of the molecule is CCCCCCC[C@]1(C)CC[C@H](c2ccc(C#N)cc2)CC1. The lowest BCUT2D eigenvalue weighted by atomic mass is 9.68. The van der Waals surface area contributed by atoms with E-state index in [2.05, 4.69) is 32.0 Å². The van der Waals surface area contributed by atoms with Crippen LogP contribution in [0.3, 0.4) is 0 Å². The molecule has 0 spiro atoms. The van der Waals surface area contributed by atoms with Gasteiger partial charge in [0, 0.05) is 0 Å². The zero-order chi connectivity index (χ0) is 15.8. The number of nitriles is 1. The normalized spacial score (nSPS) is 24.9. The van der Waals surface area contributed by atoms with Crippen LogP contribution in [-0.4, -0.2) is 0 Å². The first kappa shape index (κ1) is 17.1. The van der Waals surface area contributed by atoms with Gasteiger partial charge in [0.15, 0.2) is 0 Å². The molecule has 0 bridgehead atoms. The summed E-state index contributed by atoms with van der Waals surface area (Å²) in [6.45, 7) is 4.79. The van der Waals surface area contributed by atoms with Crippen LogP contribution in [0.4, 0.5) is 0 Å². The molecule has 22 heavy (non-hydrogen) atoms. The molecular formula is C21H31N. The zero-order valence-corrected chi connectivity index (χ0v) is 14.4. The van der Waals surface area contributed by atoms with Gasteiger partial charge >= 0.3 is 0 Å². The molecule has 1 aromatic carbocycles. The number of unbranched alkanes of at least 4 members (excludes halogenated alkanes) is 4. The fourth-order valence-electron chi connectivity index (χ4n) is 3.88. The Morgan fingerprint density at radius 2 is 1.68 bits per heavy atom. The summed E-state index contributed by atoms with van der Waals surface area (Å²) in [4.78, 5) is 0. The van der Waals surface area contributed by atoms with Crippen molar-refractivity contribution in [2.45, 2.75) is 84.0 Å². The average Bonchev–Trinajstić information content (AvgIpc) is 2.55. The van der Waals surface area contributed by atoms with Gasteiger partial charge in [-0.15, -0.1) is 0 Å². The van der Waals surface area contributed by atoms with Crippen molar-refractivity contribution in [3.63, 3.8) is 0 Å². The van der Waals surface area contributed by atoms with Gasteiger partial charge in [-0.05, 0) is 61.1 Å². The van der Waals surface area contributed by atoms with E-state index in [1.165, 1.54) is 69.8 Å². The monoisotopic (exact) mass is 297 g/mol. The summed E-state index contributed by atoms with van der Waals surface area (Å²) in [5.74, 6) is 0.709. The predicted octanol–water partition coefficient (Wildman–Crippen LogP) is 6.58. The van der Waals surface area contributed by atoms with E-state index in [0.29, 0.717) is 11.3 Å². The van der Waals surface area contributed by atoms with Crippen LogP contribution >= 0.6 is 0 Å². The molecule has 1 aliphatic rings.